The lowest BCUT2D eigenvalue weighted by Gasteiger charge is -2.47. The van der Waals surface area contributed by atoms with Gasteiger partial charge in [-0.2, -0.15) is 0 Å². The van der Waals surface area contributed by atoms with Crippen LogP contribution in [-0.4, -0.2) is 244 Å². The van der Waals surface area contributed by atoms with E-state index in [0.717, 1.165) is 13.8 Å². The normalized spacial score (nSPS) is 45.1. The summed E-state index contributed by atoms with van der Waals surface area (Å²) in [6, 6.07) is -3.02. The van der Waals surface area contributed by atoms with Gasteiger partial charge in [0.2, 0.25) is 11.8 Å². The zero-order valence-electron chi connectivity index (χ0n) is 30.4. The van der Waals surface area contributed by atoms with Crippen LogP contribution in [-0.2, 0) is 47.5 Å². The van der Waals surface area contributed by atoms with Crippen molar-refractivity contribution in [2.45, 2.75) is 149 Å². The molecule has 21 atom stereocenters. The highest BCUT2D eigenvalue weighted by Crippen LogP contribution is 2.35. The van der Waals surface area contributed by atoms with Gasteiger partial charge in [-0.15, -0.1) is 0 Å². The van der Waals surface area contributed by atoms with Crippen molar-refractivity contribution in [1.29, 1.82) is 0 Å². The third-order valence-corrected chi connectivity index (χ3v) is 9.96. The van der Waals surface area contributed by atoms with Crippen LogP contribution < -0.4 is 10.6 Å². The summed E-state index contributed by atoms with van der Waals surface area (Å²) >= 11 is 0. The van der Waals surface area contributed by atoms with E-state index in [0.29, 0.717) is 0 Å². The molecule has 57 heavy (non-hydrogen) atoms. The first-order valence-electron chi connectivity index (χ1n) is 17.7. The van der Waals surface area contributed by atoms with E-state index < -0.39 is 179 Å². The highest BCUT2D eigenvalue weighted by molar-refractivity contribution is 5.76. The van der Waals surface area contributed by atoms with Crippen molar-refractivity contribution in [2.24, 2.45) is 0 Å². The summed E-state index contributed by atoms with van der Waals surface area (Å²) in [5, 5.41) is 150. The molecule has 4 rings (SSSR count). The van der Waals surface area contributed by atoms with Gasteiger partial charge in [0.1, 0.15) is 91.5 Å². The van der Waals surface area contributed by atoms with Crippen LogP contribution in [0.2, 0.25) is 0 Å². The third kappa shape index (κ3) is 10.5. The lowest BCUT2D eigenvalue weighted by atomic mass is 9.88. The van der Waals surface area contributed by atoms with E-state index >= 15 is 0 Å². The summed E-state index contributed by atoms with van der Waals surface area (Å²) in [5.74, 6) is -6.25. The average Bonchev–Trinajstić information content (AvgIpc) is 3.16. The van der Waals surface area contributed by atoms with Gasteiger partial charge in [-0.1, -0.05) is 0 Å². The van der Waals surface area contributed by atoms with Crippen molar-refractivity contribution in [3.05, 3.63) is 0 Å². The maximum atomic E-state index is 12.5. The molecule has 0 aliphatic carbocycles. The van der Waals surface area contributed by atoms with Gasteiger partial charge in [0.15, 0.2) is 18.9 Å². The molecule has 4 heterocycles. The molecule has 0 aromatic heterocycles. The summed E-state index contributed by atoms with van der Waals surface area (Å²) in [4.78, 5) is 36.1. The lowest BCUT2D eigenvalue weighted by Crippen LogP contribution is -2.68. The number of carbonyl (C=O) groups excluding carboxylic acids is 2. The molecule has 0 aromatic carbocycles. The quantitative estimate of drug-likeness (QED) is 0.0728. The summed E-state index contributed by atoms with van der Waals surface area (Å²) in [5.41, 5.74) is 0. The molecule has 1 unspecified atom stereocenters. The van der Waals surface area contributed by atoms with Crippen LogP contribution in [0.1, 0.15) is 20.3 Å². The number of aliphatic hydroxyl groups is 13. The number of nitrogens with one attached hydrogen (secondary N) is 2. The zero-order valence-corrected chi connectivity index (χ0v) is 30.4. The van der Waals surface area contributed by atoms with Crippen LogP contribution in [0, 0.1) is 0 Å². The molecule has 0 spiro atoms. The number of ether oxygens (including phenoxy) is 7. The van der Waals surface area contributed by atoms with Gasteiger partial charge in [0.05, 0.1) is 38.6 Å². The molecule has 4 aliphatic heterocycles. The summed E-state index contributed by atoms with van der Waals surface area (Å²) < 4.78 is 38.3. The maximum absolute atomic E-state index is 12.5. The average molecular weight is 837 g/mol. The Balaban J connectivity index is 1.48. The van der Waals surface area contributed by atoms with Gasteiger partial charge in [0.25, 0.3) is 5.79 Å². The fourth-order valence-electron chi connectivity index (χ4n) is 6.83. The van der Waals surface area contributed by atoms with E-state index in [9.17, 15) is 85.9 Å². The van der Waals surface area contributed by atoms with E-state index in [1.807, 2.05) is 0 Å². The van der Waals surface area contributed by atoms with Gasteiger partial charge < -0.3 is 115 Å². The standard InChI is InChI=1S/C31H52N2O24/c1-8(36)32-15-10(38)3-31(30(49)50,57-26(15)17(40)11(39)4-34)52-7-14-19(42)21(44)23(46)28(54-14)51-6-13-18(41)22(45)24(47)29(55-13)56-25-16(33-9(2)37)27(48)53-12(5-35)20(25)43/h10-29,34-35,38-48H,3-7H2,1-2H3,(H,32,36)(H,33,37)(H,49,50)/t10-,11+,12+,13+,14+,15+,16+,17+,18-,19-,20+,21-,22-,23+,24+,25+,26+,27?,28+,29-,31+/m0/s1. The Morgan fingerprint density at radius 2 is 1.26 bits per heavy atom. The second kappa shape index (κ2) is 19.8. The number of carboxylic acid groups (broad SMARTS) is 1. The zero-order chi connectivity index (χ0) is 42.7. The number of amides is 2. The van der Waals surface area contributed by atoms with Crippen molar-refractivity contribution < 1.29 is 119 Å². The molecule has 2 amide bonds. The minimum atomic E-state index is -2.88. The van der Waals surface area contributed by atoms with Crippen molar-refractivity contribution in [3.63, 3.8) is 0 Å². The minimum Gasteiger partial charge on any atom is -0.477 e. The molecule has 4 saturated heterocycles. The van der Waals surface area contributed by atoms with Crippen LogP contribution in [0.5, 0.6) is 0 Å². The van der Waals surface area contributed by atoms with Gasteiger partial charge in [-0.3, -0.25) is 9.59 Å². The molecular formula is C31H52N2O24. The Morgan fingerprint density at radius 3 is 1.81 bits per heavy atom. The number of rotatable bonds is 15. The number of hydrogen-bond donors (Lipinski definition) is 16. The highest BCUT2D eigenvalue weighted by Gasteiger charge is 2.57. The van der Waals surface area contributed by atoms with Crippen molar-refractivity contribution in [1.82, 2.24) is 10.6 Å². The fraction of sp³-hybridized carbons (Fsp3) is 0.903. The van der Waals surface area contributed by atoms with Gasteiger partial charge in [-0.25, -0.2) is 4.79 Å². The molecule has 0 radical (unpaired) electrons. The van der Waals surface area contributed by atoms with Gasteiger partial charge >= 0.3 is 5.97 Å². The fourth-order valence-corrected chi connectivity index (χ4v) is 6.83. The molecule has 4 fully saturated rings. The number of aliphatic hydroxyl groups excluding tert-OH is 13. The van der Waals surface area contributed by atoms with Crippen molar-refractivity contribution in [2.75, 3.05) is 26.4 Å². The molecule has 26 heteroatoms. The monoisotopic (exact) mass is 836 g/mol. The second-order valence-electron chi connectivity index (χ2n) is 14.1. The second-order valence-corrected chi connectivity index (χ2v) is 14.1. The molecule has 16 N–H and O–H groups in total. The topological polar surface area (TPSA) is 423 Å². The van der Waals surface area contributed by atoms with Gasteiger partial charge in [0, 0.05) is 20.3 Å². The summed E-state index contributed by atoms with van der Waals surface area (Å²) in [6.45, 7) is -1.61. The van der Waals surface area contributed by atoms with E-state index in [4.69, 9.17) is 33.2 Å². The number of carboxylic acids is 1. The Labute approximate surface area is 322 Å². The highest BCUT2D eigenvalue weighted by atomic mass is 16.8. The Kier molecular flexibility index (Phi) is 16.4. The molecular weight excluding hydrogens is 784 g/mol. The van der Waals surface area contributed by atoms with Crippen molar-refractivity contribution in [3.8, 4) is 0 Å². The largest absolute Gasteiger partial charge is 0.477 e. The van der Waals surface area contributed by atoms with E-state index in [1.165, 1.54) is 0 Å². The first kappa shape index (κ1) is 47.3. The first-order valence-corrected chi connectivity index (χ1v) is 17.7. The first-order chi connectivity index (χ1) is 26.7. The number of hydrogen-bond acceptors (Lipinski definition) is 23. The SMILES string of the molecule is CC(=O)N[C@H]1[C@H]([C@H](O)[C@H](O)CO)O[C@@](OC[C@H]2O[C@@H](OC[C@H]3O[C@@H](O[C@H]4[C@H](O)[C@@H](CO)OC(O)[C@@H]4NC(C)=O)[C@H](O)[C@@H](O)[C@H]3O)[C@H](O)[C@@H](O)[C@H]2O)(C(=O)O)C[C@@H]1O. The molecule has 26 nitrogen and oxygen atoms in total. The third-order valence-electron chi connectivity index (χ3n) is 9.96. The Morgan fingerprint density at radius 1 is 0.719 bits per heavy atom. The maximum Gasteiger partial charge on any atom is 0.364 e. The van der Waals surface area contributed by atoms with Crippen LogP contribution in [0.15, 0.2) is 0 Å². The van der Waals surface area contributed by atoms with E-state index in [1.54, 1.807) is 0 Å². The van der Waals surface area contributed by atoms with Crippen molar-refractivity contribution >= 4 is 17.8 Å². The molecule has 0 bridgehead atoms. The summed E-state index contributed by atoms with van der Waals surface area (Å²) in [7, 11) is 0. The number of aliphatic carboxylic acids is 1. The predicted molar refractivity (Wildman–Crippen MR) is 174 cm³/mol. The van der Waals surface area contributed by atoms with E-state index in [2.05, 4.69) is 10.6 Å². The van der Waals surface area contributed by atoms with Crippen LogP contribution >= 0.6 is 0 Å². The predicted octanol–water partition coefficient (Wildman–Crippen LogP) is -10.3. The van der Waals surface area contributed by atoms with Crippen LogP contribution in [0.25, 0.3) is 0 Å². The Bertz CT molecular complexity index is 1350. The smallest absolute Gasteiger partial charge is 0.364 e. The molecule has 0 aromatic rings. The molecule has 330 valence electrons. The Hall–Kier alpha value is -2.39. The van der Waals surface area contributed by atoms with E-state index in [-0.39, 0.29) is 0 Å². The molecule has 4 aliphatic rings. The van der Waals surface area contributed by atoms with Gasteiger partial charge in [-0.05, 0) is 0 Å². The minimum absolute atomic E-state index is 0.710. The number of carbonyl (C=O) groups is 3. The summed E-state index contributed by atoms with van der Waals surface area (Å²) in [6.07, 6.45) is -34.9. The van der Waals surface area contributed by atoms with Crippen LogP contribution in [0.3, 0.4) is 0 Å². The van der Waals surface area contributed by atoms with Crippen LogP contribution in [0.4, 0.5) is 0 Å². The molecule has 0 saturated carbocycles. The lowest BCUT2D eigenvalue weighted by molar-refractivity contribution is -0.357.